The zero-order valence-corrected chi connectivity index (χ0v) is 17.3. The Morgan fingerprint density at radius 2 is 1.55 bits per heavy atom. The molecule has 0 fully saturated rings. The van der Waals surface area contributed by atoms with Gasteiger partial charge in [0.15, 0.2) is 0 Å². The van der Waals surface area contributed by atoms with E-state index in [0.29, 0.717) is 11.4 Å². The number of amides is 1. The molecule has 29 heavy (non-hydrogen) atoms. The monoisotopic (exact) mass is 428 g/mol. The van der Waals surface area contributed by atoms with Crippen molar-refractivity contribution in [3.8, 4) is 5.75 Å². The molecule has 0 aliphatic carbocycles. The molecule has 0 spiro atoms. The largest absolute Gasteiger partial charge is 0.497 e. The van der Waals surface area contributed by atoms with E-state index in [9.17, 15) is 13.2 Å². The number of rotatable bonds is 8. The number of methoxy groups -OCH3 is 1. The fourth-order valence-electron chi connectivity index (χ4n) is 2.46. The Hall–Kier alpha value is -2.97. The second-order valence-corrected chi connectivity index (χ2v) is 8.74. The third kappa shape index (κ3) is 6.00. The van der Waals surface area contributed by atoms with Gasteiger partial charge in [-0.1, -0.05) is 18.2 Å². The van der Waals surface area contributed by atoms with Gasteiger partial charge in [-0.05, 0) is 60.7 Å². The van der Waals surface area contributed by atoms with E-state index in [0.717, 1.165) is 10.6 Å². The number of carbonyl (C=O) groups excluding carboxylic acids is 1. The van der Waals surface area contributed by atoms with Crippen molar-refractivity contribution in [3.63, 3.8) is 0 Å². The van der Waals surface area contributed by atoms with Crippen LogP contribution in [0.25, 0.3) is 0 Å². The quantitative estimate of drug-likeness (QED) is 0.525. The summed E-state index contributed by atoms with van der Waals surface area (Å²) in [6, 6.07) is 22.1. The number of para-hydroxylation sites is 1. The molecule has 3 aromatic carbocycles. The van der Waals surface area contributed by atoms with Crippen LogP contribution in [0.4, 0.5) is 11.4 Å². The summed E-state index contributed by atoms with van der Waals surface area (Å²) in [6.07, 6.45) is 0. The van der Waals surface area contributed by atoms with E-state index < -0.39 is 10.0 Å². The second kappa shape index (κ2) is 9.49. The molecule has 0 radical (unpaired) electrons. The van der Waals surface area contributed by atoms with Crippen LogP contribution in [0.15, 0.2) is 88.7 Å². The third-order valence-electron chi connectivity index (χ3n) is 3.90. The second-order valence-electron chi connectivity index (χ2n) is 6.01. The highest BCUT2D eigenvalue weighted by Crippen LogP contribution is 2.22. The van der Waals surface area contributed by atoms with Gasteiger partial charge < -0.3 is 10.1 Å². The van der Waals surface area contributed by atoms with E-state index in [1.807, 2.05) is 30.3 Å². The molecular weight excluding hydrogens is 408 g/mol. The van der Waals surface area contributed by atoms with Gasteiger partial charge in [0.25, 0.3) is 10.0 Å². The maximum Gasteiger partial charge on any atom is 0.261 e. The van der Waals surface area contributed by atoms with Gasteiger partial charge in [0.1, 0.15) is 5.75 Å². The number of thioether (sulfide) groups is 1. The Morgan fingerprint density at radius 1 is 0.897 bits per heavy atom. The summed E-state index contributed by atoms with van der Waals surface area (Å²) in [5.41, 5.74) is 1.02. The molecule has 6 nitrogen and oxygen atoms in total. The van der Waals surface area contributed by atoms with Gasteiger partial charge in [-0.2, -0.15) is 0 Å². The number of hydrogen-bond donors (Lipinski definition) is 2. The van der Waals surface area contributed by atoms with Crippen molar-refractivity contribution in [1.29, 1.82) is 0 Å². The van der Waals surface area contributed by atoms with Crippen molar-refractivity contribution >= 4 is 39.1 Å². The Morgan fingerprint density at radius 3 is 2.17 bits per heavy atom. The number of anilines is 2. The summed E-state index contributed by atoms with van der Waals surface area (Å²) in [7, 11) is -2.09. The molecule has 1 amide bonds. The maximum absolute atomic E-state index is 12.4. The van der Waals surface area contributed by atoms with E-state index in [2.05, 4.69) is 10.0 Å². The van der Waals surface area contributed by atoms with Crippen LogP contribution >= 0.6 is 11.8 Å². The Bertz CT molecular complexity index is 1050. The van der Waals surface area contributed by atoms with E-state index >= 15 is 0 Å². The predicted octanol–water partition coefficient (Wildman–Crippen LogP) is 4.23. The third-order valence-corrected chi connectivity index (χ3v) is 6.31. The fraction of sp³-hybridized carbons (Fsp3) is 0.0952. The predicted molar refractivity (Wildman–Crippen MR) is 116 cm³/mol. The Labute approximate surface area is 174 Å². The van der Waals surface area contributed by atoms with Crippen LogP contribution in [0.3, 0.4) is 0 Å². The minimum absolute atomic E-state index is 0.118. The van der Waals surface area contributed by atoms with Crippen LogP contribution in [-0.2, 0) is 14.8 Å². The lowest BCUT2D eigenvalue weighted by Crippen LogP contribution is -2.15. The summed E-state index contributed by atoms with van der Waals surface area (Å²) in [4.78, 5) is 13.2. The first-order valence-electron chi connectivity index (χ1n) is 8.71. The zero-order chi connectivity index (χ0) is 20.7. The molecule has 0 bridgehead atoms. The summed E-state index contributed by atoms with van der Waals surface area (Å²) in [5, 5.41) is 2.76. The molecule has 0 aliphatic rings. The van der Waals surface area contributed by atoms with Gasteiger partial charge in [-0.3, -0.25) is 9.52 Å². The molecule has 0 heterocycles. The van der Waals surface area contributed by atoms with E-state index in [1.54, 1.807) is 43.5 Å². The SMILES string of the molecule is COc1ccc(SCC(=O)Nc2ccc(S(=O)(=O)Nc3ccccc3)cc2)cc1. The first-order valence-corrected chi connectivity index (χ1v) is 11.2. The highest BCUT2D eigenvalue weighted by Gasteiger charge is 2.14. The molecule has 0 saturated heterocycles. The number of ether oxygens (including phenoxy) is 1. The molecule has 3 aromatic rings. The van der Waals surface area contributed by atoms with Crippen molar-refractivity contribution in [3.05, 3.63) is 78.9 Å². The Balaban J connectivity index is 1.56. The molecule has 0 aliphatic heterocycles. The van der Waals surface area contributed by atoms with E-state index in [4.69, 9.17) is 4.74 Å². The molecule has 2 N–H and O–H groups in total. The minimum Gasteiger partial charge on any atom is -0.497 e. The van der Waals surface area contributed by atoms with Gasteiger partial charge in [0.05, 0.1) is 17.8 Å². The molecule has 8 heteroatoms. The lowest BCUT2D eigenvalue weighted by atomic mass is 10.3. The fourth-order valence-corrected chi connectivity index (χ4v) is 4.21. The van der Waals surface area contributed by atoms with Gasteiger partial charge >= 0.3 is 0 Å². The number of sulfonamides is 1. The number of benzene rings is 3. The van der Waals surface area contributed by atoms with E-state index in [-0.39, 0.29) is 16.6 Å². The summed E-state index contributed by atoms with van der Waals surface area (Å²) < 4.78 is 32.5. The van der Waals surface area contributed by atoms with Crippen molar-refractivity contribution in [2.24, 2.45) is 0 Å². The summed E-state index contributed by atoms with van der Waals surface area (Å²) >= 11 is 1.40. The van der Waals surface area contributed by atoms with Gasteiger partial charge in [-0.15, -0.1) is 11.8 Å². The molecule has 0 saturated carbocycles. The van der Waals surface area contributed by atoms with Gasteiger partial charge in [0, 0.05) is 16.3 Å². The van der Waals surface area contributed by atoms with Crippen molar-refractivity contribution in [2.75, 3.05) is 22.9 Å². The molecule has 150 valence electrons. The highest BCUT2D eigenvalue weighted by atomic mass is 32.2. The van der Waals surface area contributed by atoms with Gasteiger partial charge in [0.2, 0.25) is 5.91 Å². The lowest BCUT2D eigenvalue weighted by molar-refractivity contribution is -0.113. The first kappa shape index (κ1) is 20.8. The first-order chi connectivity index (χ1) is 14.0. The molecule has 0 aromatic heterocycles. The molecule has 3 rings (SSSR count). The zero-order valence-electron chi connectivity index (χ0n) is 15.7. The standard InChI is InChI=1S/C21H20N2O4S2/c1-27-18-9-11-19(12-10-18)28-15-21(24)22-16-7-13-20(14-8-16)29(25,26)23-17-5-3-2-4-6-17/h2-14,23H,15H2,1H3,(H,22,24). The van der Waals surface area contributed by atoms with Crippen LogP contribution in [-0.4, -0.2) is 27.2 Å². The van der Waals surface area contributed by atoms with Gasteiger partial charge in [-0.25, -0.2) is 8.42 Å². The summed E-state index contributed by atoms with van der Waals surface area (Å²) in [6.45, 7) is 0. The van der Waals surface area contributed by atoms with Crippen LogP contribution in [0.5, 0.6) is 5.75 Å². The van der Waals surface area contributed by atoms with Crippen LogP contribution in [0, 0.1) is 0 Å². The minimum atomic E-state index is -3.69. The topological polar surface area (TPSA) is 84.5 Å². The maximum atomic E-state index is 12.4. The summed E-state index contributed by atoms with van der Waals surface area (Å²) in [5.74, 6) is 0.821. The van der Waals surface area contributed by atoms with E-state index in [1.165, 1.54) is 23.9 Å². The molecule has 0 atom stereocenters. The normalized spacial score (nSPS) is 10.9. The number of carbonyl (C=O) groups is 1. The number of nitrogens with one attached hydrogen (secondary N) is 2. The Kier molecular flexibility index (Phi) is 6.79. The van der Waals surface area contributed by atoms with Crippen molar-refractivity contribution in [1.82, 2.24) is 0 Å². The lowest BCUT2D eigenvalue weighted by Gasteiger charge is -2.09. The smallest absolute Gasteiger partial charge is 0.261 e. The average Bonchev–Trinajstić information content (AvgIpc) is 2.73. The highest BCUT2D eigenvalue weighted by molar-refractivity contribution is 8.00. The van der Waals surface area contributed by atoms with Crippen molar-refractivity contribution in [2.45, 2.75) is 9.79 Å². The average molecular weight is 429 g/mol. The van der Waals surface area contributed by atoms with Crippen LogP contribution < -0.4 is 14.8 Å². The van der Waals surface area contributed by atoms with Crippen molar-refractivity contribution < 1.29 is 17.9 Å². The molecular formula is C21H20N2O4S2. The number of hydrogen-bond acceptors (Lipinski definition) is 5. The van der Waals surface area contributed by atoms with Crippen LogP contribution in [0.1, 0.15) is 0 Å². The van der Waals surface area contributed by atoms with Crippen LogP contribution in [0.2, 0.25) is 0 Å². The molecule has 0 unspecified atom stereocenters.